The van der Waals surface area contributed by atoms with Crippen molar-refractivity contribution in [3.8, 4) is 0 Å². The van der Waals surface area contributed by atoms with Gasteiger partial charge in [0.25, 0.3) is 0 Å². The standard InChI is InChI=1S/C12H8F2O2S.C3H3NO/c13-9-5-1-3-7-11(9)17(15,16)12-8-4-2-6-10(12)14;1-2-5-3-4-1/h1-8H;1-3H. The van der Waals surface area contributed by atoms with Gasteiger partial charge in [-0.15, -0.1) is 0 Å². The third-order valence-corrected chi connectivity index (χ3v) is 4.42. The molecule has 2 aromatic carbocycles. The third-order valence-electron chi connectivity index (χ3n) is 2.60. The first-order valence-electron chi connectivity index (χ1n) is 6.10. The van der Waals surface area contributed by atoms with Crippen LogP contribution in [-0.2, 0) is 9.84 Å². The Labute approximate surface area is 126 Å². The van der Waals surface area contributed by atoms with Crippen molar-refractivity contribution >= 4 is 9.84 Å². The first-order chi connectivity index (χ1) is 10.5. The Hall–Kier alpha value is -2.54. The maximum absolute atomic E-state index is 13.4. The summed E-state index contributed by atoms with van der Waals surface area (Å²) in [4.78, 5) is 2.51. The van der Waals surface area contributed by atoms with Gasteiger partial charge in [-0.05, 0) is 24.3 Å². The van der Waals surface area contributed by atoms with Crippen molar-refractivity contribution in [2.24, 2.45) is 0 Å². The molecule has 0 saturated carbocycles. The molecule has 0 aliphatic heterocycles. The van der Waals surface area contributed by atoms with E-state index in [-0.39, 0.29) is 0 Å². The topological polar surface area (TPSA) is 60.2 Å². The summed E-state index contributed by atoms with van der Waals surface area (Å²) < 4.78 is 55.3. The molecule has 0 aliphatic carbocycles. The minimum atomic E-state index is -4.15. The molecule has 3 rings (SSSR count). The normalized spacial score (nSPS) is 10.6. The molecule has 114 valence electrons. The van der Waals surface area contributed by atoms with Crippen LogP contribution in [0.15, 0.2) is 81.6 Å². The largest absolute Gasteiger partial charge is 0.452 e. The quantitative estimate of drug-likeness (QED) is 0.724. The Morgan fingerprint density at radius 1 is 0.864 bits per heavy atom. The highest BCUT2D eigenvalue weighted by atomic mass is 32.2. The average Bonchev–Trinajstić information content (AvgIpc) is 3.07. The summed E-state index contributed by atoms with van der Waals surface area (Å²) in [7, 11) is -4.15. The second kappa shape index (κ2) is 6.95. The maximum Gasteiger partial charge on any atom is 0.212 e. The van der Waals surface area contributed by atoms with E-state index in [1.807, 2.05) is 0 Å². The van der Waals surface area contributed by atoms with Crippen LogP contribution in [-0.4, -0.2) is 13.4 Å². The van der Waals surface area contributed by atoms with Crippen LogP contribution in [0, 0.1) is 11.6 Å². The smallest absolute Gasteiger partial charge is 0.212 e. The van der Waals surface area contributed by atoms with Crippen LogP contribution in [0.2, 0.25) is 0 Å². The molecule has 0 unspecified atom stereocenters. The molecule has 3 aromatic rings. The Morgan fingerprint density at radius 3 is 1.68 bits per heavy atom. The van der Waals surface area contributed by atoms with Gasteiger partial charge in [0.2, 0.25) is 9.84 Å². The van der Waals surface area contributed by atoms with Gasteiger partial charge in [-0.25, -0.2) is 22.2 Å². The number of oxazole rings is 1. The van der Waals surface area contributed by atoms with E-state index in [9.17, 15) is 17.2 Å². The second-order valence-electron chi connectivity index (χ2n) is 4.04. The van der Waals surface area contributed by atoms with E-state index in [0.29, 0.717) is 0 Å². The van der Waals surface area contributed by atoms with Crippen LogP contribution in [0.4, 0.5) is 8.78 Å². The van der Waals surface area contributed by atoms with Gasteiger partial charge in [-0.3, -0.25) is 0 Å². The van der Waals surface area contributed by atoms with E-state index in [4.69, 9.17) is 0 Å². The number of aromatic nitrogens is 1. The molecule has 0 spiro atoms. The first kappa shape index (κ1) is 15.8. The van der Waals surface area contributed by atoms with Gasteiger partial charge in [0.05, 0.1) is 6.20 Å². The zero-order valence-corrected chi connectivity index (χ0v) is 12.0. The number of sulfone groups is 1. The van der Waals surface area contributed by atoms with E-state index >= 15 is 0 Å². The van der Waals surface area contributed by atoms with E-state index in [1.54, 1.807) is 6.20 Å². The minimum absolute atomic E-state index is 0.523. The van der Waals surface area contributed by atoms with Crippen LogP contribution < -0.4 is 0 Å². The highest BCUT2D eigenvalue weighted by Gasteiger charge is 2.24. The van der Waals surface area contributed by atoms with E-state index in [0.717, 1.165) is 24.3 Å². The van der Waals surface area contributed by atoms with Gasteiger partial charge in [-0.1, -0.05) is 24.3 Å². The predicted octanol–water partition coefficient (Wildman–Crippen LogP) is 3.47. The predicted molar refractivity (Wildman–Crippen MR) is 74.8 cm³/mol. The molecular weight excluding hydrogens is 312 g/mol. The molecule has 1 aromatic heterocycles. The molecule has 0 amide bonds. The Balaban J connectivity index is 0.000000299. The maximum atomic E-state index is 13.4. The van der Waals surface area contributed by atoms with Crippen molar-refractivity contribution in [1.29, 1.82) is 0 Å². The number of nitrogens with zero attached hydrogens (tertiary/aromatic N) is 1. The average molecular weight is 323 g/mol. The molecule has 0 aliphatic rings. The Bertz CT molecular complexity index is 765. The van der Waals surface area contributed by atoms with Crippen LogP contribution in [0.5, 0.6) is 0 Å². The number of hydrogen-bond acceptors (Lipinski definition) is 4. The zero-order valence-electron chi connectivity index (χ0n) is 11.2. The number of halogens is 2. The fraction of sp³-hybridized carbons (Fsp3) is 0. The molecule has 1 heterocycles. The van der Waals surface area contributed by atoms with Gasteiger partial charge in [0.15, 0.2) is 6.39 Å². The second-order valence-corrected chi connectivity index (χ2v) is 5.93. The summed E-state index contributed by atoms with van der Waals surface area (Å²) in [5.74, 6) is -1.79. The lowest BCUT2D eigenvalue weighted by molar-refractivity contribution is 0.552. The highest BCUT2D eigenvalue weighted by Crippen LogP contribution is 2.24. The molecule has 22 heavy (non-hydrogen) atoms. The summed E-state index contributed by atoms with van der Waals surface area (Å²) in [6, 6.07) is 9.77. The van der Waals surface area contributed by atoms with Gasteiger partial charge in [-0.2, -0.15) is 0 Å². The van der Waals surface area contributed by atoms with Crippen LogP contribution in [0.3, 0.4) is 0 Å². The lowest BCUT2D eigenvalue weighted by Crippen LogP contribution is -2.06. The fourth-order valence-electron chi connectivity index (χ4n) is 1.62. The van der Waals surface area contributed by atoms with Crippen molar-refractivity contribution in [2.75, 3.05) is 0 Å². The Morgan fingerprint density at radius 2 is 1.36 bits per heavy atom. The van der Waals surface area contributed by atoms with Crippen molar-refractivity contribution < 1.29 is 21.6 Å². The zero-order chi connectivity index (χ0) is 16.0. The van der Waals surface area contributed by atoms with E-state index in [2.05, 4.69) is 9.40 Å². The molecule has 0 atom stereocenters. The van der Waals surface area contributed by atoms with Crippen molar-refractivity contribution in [3.63, 3.8) is 0 Å². The summed E-state index contributed by atoms with van der Waals surface area (Å²) in [5.41, 5.74) is 0. The Kier molecular flexibility index (Phi) is 5.00. The SMILES string of the molecule is O=S(=O)(c1ccccc1F)c1ccccc1F.c1cocn1. The van der Waals surface area contributed by atoms with Crippen molar-refractivity contribution in [1.82, 2.24) is 4.98 Å². The van der Waals surface area contributed by atoms with E-state index < -0.39 is 31.3 Å². The first-order valence-corrected chi connectivity index (χ1v) is 7.58. The third kappa shape index (κ3) is 3.56. The highest BCUT2D eigenvalue weighted by molar-refractivity contribution is 7.91. The van der Waals surface area contributed by atoms with Crippen molar-refractivity contribution in [2.45, 2.75) is 9.79 Å². The number of rotatable bonds is 2. The summed E-state index contributed by atoms with van der Waals surface area (Å²) in [6.45, 7) is 0. The number of benzene rings is 2. The van der Waals surface area contributed by atoms with Crippen LogP contribution in [0.1, 0.15) is 0 Å². The summed E-state index contributed by atoms with van der Waals surface area (Å²) in [6.07, 6.45) is 4.47. The minimum Gasteiger partial charge on any atom is -0.452 e. The lowest BCUT2D eigenvalue weighted by atomic mass is 10.3. The van der Waals surface area contributed by atoms with Crippen LogP contribution in [0.25, 0.3) is 0 Å². The molecule has 0 saturated heterocycles. The monoisotopic (exact) mass is 323 g/mol. The molecular formula is C15H11F2NO3S. The number of hydrogen-bond donors (Lipinski definition) is 0. The molecule has 0 N–H and O–H groups in total. The molecule has 4 nitrogen and oxygen atoms in total. The molecule has 0 fully saturated rings. The molecule has 0 radical (unpaired) electrons. The van der Waals surface area contributed by atoms with Crippen LogP contribution >= 0.6 is 0 Å². The summed E-state index contributed by atoms with van der Waals surface area (Å²) in [5, 5.41) is 0. The lowest BCUT2D eigenvalue weighted by Gasteiger charge is -2.06. The molecule has 0 bridgehead atoms. The van der Waals surface area contributed by atoms with Gasteiger partial charge < -0.3 is 4.42 Å². The van der Waals surface area contributed by atoms with Crippen molar-refractivity contribution in [3.05, 3.63) is 79.0 Å². The molecule has 7 heteroatoms. The van der Waals surface area contributed by atoms with E-state index in [1.165, 1.54) is 36.9 Å². The fourth-order valence-corrected chi connectivity index (χ4v) is 3.02. The van der Waals surface area contributed by atoms with Gasteiger partial charge >= 0.3 is 0 Å². The van der Waals surface area contributed by atoms with Gasteiger partial charge in [0.1, 0.15) is 27.7 Å². The summed E-state index contributed by atoms with van der Waals surface area (Å²) >= 11 is 0. The van der Waals surface area contributed by atoms with Gasteiger partial charge in [0, 0.05) is 0 Å².